The van der Waals surface area contributed by atoms with Crippen LogP contribution in [0, 0.1) is 0 Å². The number of aromatic hydroxyl groups is 1. The molecule has 0 aromatic carbocycles. The van der Waals surface area contributed by atoms with Crippen molar-refractivity contribution in [3.05, 3.63) is 33.0 Å². The van der Waals surface area contributed by atoms with Gasteiger partial charge in [0.1, 0.15) is 23.9 Å². The summed E-state index contributed by atoms with van der Waals surface area (Å²) in [5, 5.41) is 28.8. The molecule has 8 heteroatoms. The average molecular weight is 319 g/mol. The van der Waals surface area contributed by atoms with E-state index in [1.54, 1.807) is 0 Å². The maximum absolute atomic E-state index is 12.0. The Kier molecular flexibility index (Phi) is 3.69. The van der Waals surface area contributed by atoms with Crippen molar-refractivity contribution in [1.29, 1.82) is 0 Å². The summed E-state index contributed by atoms with van der Waals surface area (Å²) in [4.78, 5) is 30.1. The number of aliphatic hydroxyl groups is 1. The molecule has 0 bridgehead atoms. The monoisotopic (exact) mass is 319 g/mol. The number of hydrogen-bond acceptors (Lipinski definition) is 5. The number of imidazole rings is 1. The number of hydrogen-bond donors (Lipinski definition) is 4. The number of aromatic carboxylic acids is 1. The summed E-state index contributed by atoms with van der Waals surface area (Å²) in [6.45, 7) is 2.32. The number of fused-ring (bicyclic) bond motifs is 3. The van der Waals surface area contributed by atoms with Gasteiger partial charge in [-0.05, 0) is 26.2 Å². The van der Waals surface area contributed by atoms with Gasteiger partial charge in [-0.25, -0.2) is 9.78 Å². The SMILES string of the molecule is CCn1c(CO)nc2c1CCCc1c-2[nH]c(=O)c(C(=O)O)c1O. The first-order valence-electron chi connectivity index (χ1n) is 7.40. The molecule has 2 heterocycles. The van der Waals surface area contributed by atoms with E-state index in [-0.39, 0.29) is 6.61 Å². The molecule has 0 radical (unpaired) electrons. The van der Waals surface area contributed by atoms with Gasteiger partial charge in [-0.3, -0.25) is 4.79 Å². The number of carboxylic acid groups (broad SMARTS) is 1. The van der Waals surface area contributed by atoms with Crippen molar-refractivity contribution in [2.24, 2.45) is 0 Å². The molecule has 0 unspecified atom stereocenters. The highest BCUT2D eigenvalue weighted by Crippen LogP contribution is 2.35. The predicted octanol–water partition coefficient (Wildman–Crippen LogP) is 0.643. The standard InChI is InChI=1S/C15H17N3O5/c1-2-18-8-5-3-4-7-11(12(8)16-9(18)6-19)17-14(21)10(13(7)20)15(22)23/h19H,2-6H2,1H3,(H,22,23)(H2,17,20,21). The molecule has 2 aromatic heterocycles. The number of pyridine rings is 1. The van der Waals surface area contributed by atoms with Crippen LogP contribution in [0.4, 0.5) is 0 Å². The average Bonchev–Trinajstić information content (AvgIpc) is 2.76. The van der Waals surface area contributed by atoms with Crippen LogP contribution in [0.25, 0.3) is 11.4 Å². The lowest BCUT2D eigenvalue weighted by atomic mass is 10.0. The molecule has 8 nitrogen and oxygen atoms in total. The van der Waals surface area contributed by atoms with E-state index in [4.69, 9.17) is 5.11 Å². The second-order valence-electron chi connectivity index (χ2n) is 5.42. The predicted molar refractivity (Wildman–Crippen MR) is 80.5 cm³/mol. The first-order valence-corrected chi connectivity index (χ1v) is 7.40. The lowest BCUT2D eigenvalue weighted by molar-refractivity contribution is 0.0691. The number of H-pyrrole nitrogens is 1. The van der Waals surface area contributed by atoms with Crippen LogP contribution in [0.2, 0.25) is 0 Å². The van der Waals surface area contributed by atoms with Gasteiger partial charge < -0.3 is 24.9 Å². The van der Waals surface area contributed by atoms with Gasteiger partial charge in [-0.15, -0.1) is 0 Å². The Hall–Kier alpha value is -2.61. The molecule has 0 saturated heterocycles. The van der Waals surface area contributed by atoms with Crippen molar-refractivity contribution in [2.45, 2.75) is 39.3 Å². The molecule has 0 atom stereocenters. The lowest BCUT2D eigenvalue weighted by Gasteiger charge is -2.09. The molecule has 1 aliphatic carbocycles. The molecule has 2 aromatic rings. The first kappa shape index (κ1) is 15.3. The molecule has 0 saturated carbocycles. The zero-order chi connectivity index (χ0) is 16.7. The van der Waals surface area contributed by atoms with Gasteiger partial charge >= 0.3 is 5.97 Å². The van der Waals surface area contributed by atoms with Gasteiger partial charge in [-0.2, -0.15) is 0 Å². The van der Waals surface area contributed by atoms with E-state index in [0.717, 1.165) is 5.69 Å². The Morgan fingerprint density at radius 3 is 2.74 bits per heavy atom. The molecular weight excluding hydrogens is 302 g/mol. The maximum atomic E-state index is 12.0. The van der Waals surface area contributed by atoms with Crippen LogP contribution in [-0.4, -0.2) is 35.8 Å². The van der Waals surface area contributed by atoms with Crippen LogP contribution >= 0.6 is 0 Å². The molecule has 0 aliphatic heterocycles. The fraction of sp³-hybridized carbons (Fsp3) is 0.400. The minimum absolute atomic E-state index is 0.237. The van der Waals surface area contributed by atoms with E-state index in [9.17, 15) is 19.8 Å². The number of aromatic amines is 1. The van der Waals surface area contributed by atoms with E-state index >= 15 is 0 Å². The van der Waals surface area contributed by atoms with Gasteiger partial charge in [0.15, 0.2) is 5.56 Å². The fourth-order valence-electron chi connectivity index (χ4n) is 3.19. The third-order valence-corrected chi connectivity index (χ3v) is 4.19. The number of carboxylic acids is 1. The Morgan fingerprint density at radius 1 is 1.39 bits per heavy atom. The van der Waals surface area contributed by atoms with Gasteiger partial charge in [0.05, 0.1) is 5.69 Å². The number of nitrogens with one attached hydrogen (secondary N) is 1. The van der Waals surface area contributed by atoms with Crippen molar-refractivity contribution in [1.82, 2.24) is 14.5 Å². The van der Waals surface area contributed by atoms with Crippen molar-refractivity contribution in [3.63, 3.8) is 0 Å². The molecule has 4 N–H and O–H groups in total. The van der Waals surface area contributed by atoms with Gasteiger partial charge in [0.2, 0.25) is 0 Å². The second kappa shape index (κ2) is 5.54. The van der Waals surface area contributed by atoms with Gasteiger partial charge in [0.25, 0.3) is 5.56 Å². The van der Waals surface area contributed by atoms with E-state index in [0.29, 0.717) is 48.6 Å². The Morgan fingerprint density at radius 2 is 2.13 bits per heavy atom. The van der Waals surface area contributed by atoms with E-state index < -0.39 is 22.8 Å². The van der Waals surface area contributed by atoms with Crippen LogP contribution in [0.1, 0.15) is 40.8 Å². The lowest BCUT2D eigenvalue weighted by Crippen LogP contribution is -2.20. The van der Waals surface area contributed by atoms with Crippen molar-refractivity contribution < 1.29 is 20.1 Å². The zero-order valence-electron chi connectivity index (χ0n) is 12.6. The zero-order valence-corrected chi connectivity index (χ0v) is 12.6. The van der Waals surface area contributed by atoms with Crippen LogP contribution < -0.4 is 5.56 Å². The van der Waals surface area contributed by atoms with E-state index in [2.05, 4.69) is 9.97 Å². The molecule has 0 fully saturated rings. The highest BCUT2D eigenvalue weighted by Gasteiger charge is 2.28. The highest BCUT2D eigenvalue weighted by molar-refractivity contribution is 5.91. The number of carbonyl (C=O) groups is 1. The van der Waals surface area contributed by atoms with E-state index in [1.807, 2.05) is 11.5 Å². The summed E-state index contributed by atoms with van der Waals surface area (Å²) < 4.78 is 1.88. The minimum Gasteiger partial charge on any atom is -0.506 e. The normalized spacial score (nSPS) is 13.3. The molecule has 0 spiro atoms. The summed E-state index contributed by atoms with van der Waals surface area (Å²) in [5.41, 5.74) is 0.571. The number of aromatic nitrogens is 3. The Labute approximate surface area is 131 Å². The molecular formula is C15H17N3O5. The molecule has 0 amide bonds. The van der Waals surface area contributed by atoms with Gasteiger partial charge in [0, 0.05) is 17.8 Å². The number of rotatable bonds is 3. The fourth-order valence-corrected chi connectivity index (χ4v) is 3.19. The summed E-state index contributed by atoms with van der Waals surface area (Å²) in [7, 11) is 0. The topological polar surface area (TPSA) is 128 Å². The maximum Gasteiger partial charge on any atom is 0.345 e. The number of aliphatic hydroxyl groups excluding tert-OH is 1. The first-order chi connectivity index (χ1) is 11.0. The molecule has 3 rings (SSSR count). The van der Waals surface area contributed by atoms with Crippen LogP contribution in [0.3, 0.4) is 0 Å². The summed E-state index contributed by atoms with van der Waals surface area (Å²) in [6, 6.07) is 0. The van der Waals surface area contributed by atoms with E-state index in [1.165, 1.54) is 0 Å². The Bertz CT molecular complexity index is 850. The smallest absolute Gasteiger partial charge is 0.345 e. The highest BCUT2D eigenvalue weighted by atomic mass is 16.4. The van der Waals surface area contributed by atoms with Crippen molar-refractivity contribution >= 4 is 5.97 Å². The van der Waals surface area contributed by atoms with Crippen LogP contribution in [-0.2, 0) is 26.0 Å². The quantitative estimate of drug-likeness (QED) is 0.657. The molecule has 23 heavy (non-hydrogen) atoms. The van der Waals surface area contributed by atoms with Crippen LogP contribution in [0.5, 0.6) is 5.75 Å². The third-order valence-electron chi connectivity index (χ3n) is 4.19. The molecule has 1 aliphatic rings. The minimum atomic E-state index is -1.47. The van der Waals surface area contributed by atoms with Crippen molar-refractivity contribution in [3.8, 4) is 17.1 Å². The summed E-state index contributed by atoms with van der Waals surface area (Å²) in [6.07, 6.45) is 1.77. The summed E-state index contributed by atoms with van der Waals surface area (Å²) in [5.74, 6) is -1.49. The largest absolute Gasteiger partial charge is 0.506 e. The van der Waals surface area contributed by atoms with Gasteiger partial charge in [-0.1, -0.05) is 0 Å². The Balaban J connectivity index is 2.34. The number of nitrogens with zero attached hydrogens (tertiary/aromatic N) is 2. The molecule has 122 valence electrons. The third kappa shape index (κ3) is 2.22. The second-order valence-corrected chi connectivity index (χ2v) is 5.42. The van der Waals surface area contributed by atoms with Crippen LogP contribution in [0.15, 0.2) is 4.79 Å². The summed E-state index contributed by atoms with van der Waals surface area (Å²) >= 11 is 0. The van der Waals surface area contributed by atoms with Crippen molar-refractivity contribution in [2.75, 3.05) is 0 Å².